The van der Waals surface area contributed by atoms with E-state index in [2.05, 4.69) is 15.3 Å². The molecule has 116 valence electrons. The Kier molecular flexibility index (Phi) is 7.93. The molecule has 3 rings (SSSR count). The van der Waals surface area contributed by atoms with E-state index in [1.165, 1.54) is 63.7 Å². The van der Waals surface area contributed by atoms with Gasteiger partial charge in [0, 0.05) is 17.8 Å². The fraction of sp³-hybridized carbons (Fsp3) is 0.800. The number of rotatable bonds is 6. The molecule has 5 heteroatoms. The third kappa shape index (κ3) is 4.94. The van der Waals surface area contributed by atoms with E-state index >= 15 is 0 Å². The molecule has 1 aromatic heterocycles. The summed E-state index contributed by atoms with van der Waals surface area (Å²) in [6.07, 6.45) is 13.7. The largest absolute Gasteiger partial charge is 0.348 e. The topological polar surface area (TPSA) is 40.7 Å². The first-order chi connectivity index (χ1) is 8.93. The summed E-state index contributed by atoms with van der Waals surface area (Å²) in [5.41, 5.74) is 1.34. The van der Waals surface area contributed by atoms with Crippen molar-refractivity contribution in [2.24, 2.45) is 11.8 Å². The molecule has 2 atom stereocenters. The van der Waals surface area contributed by atoms with E-state index in [9.17, 15) is 0 Å². The second-order valence-corrected chi connectivity index (χ2v) is 6.11. The molecular formula is C15H27Cl2N3. The van der Waals surface area contributed by atoms with Crippen molar-refractivity contribution in [1.29, 1.82) is 0 Å². The van der Waals surface area contributed by atoms with Gasteiger partial charge in [0.05, 0.1) is 6.33 Å². The molecule has 2 N–H and O–H groups in total. The SMILES string of the molecule is Cl.Cl.c1ncc([C@H]2C[C@H]2CCNCC2CCCCC2)[nH]1. The van der Waals surface area contributed by atoms with Crippen molar-refractivity contribution in [2.45, 2.75) is 50.9 Å². The number of hydrogen-bond acceptors (Lipinski definition) is 2. The Balaban J connectivity index is 0.000001000. The summed E-state index contributed by atoms with van der Waals surface area (Å²) in [4.78, 5) is 7.34. The minimum Gasteiger partial charge on any atom is -0.348 e. The van der Waals surface area contributed by atoms with E-state index < -0.39 is 0 Å². The fourth-order valence-corrected chi connectivity index (χ4v) is 3.40. The van der Waals surface area contributed by atoms with Crippen molar-refractivity contribution in [1.82, 2.24) is 15.3 Å². The Morgan fingerprint density at radius 1 is 1.20 bits per heavy atom. The third-order valence-electron chi connectivity index (χ3n) is 4.69. The number of nitrogens with one attached hydrogen (secondary N) is 2. The fourth-order valence-electron chi connectivity index (χ4n) is 3.40. The zero-order valence-electron chi connectivity index (χ0n) is 12.0. The second-order valence-electron chi connectivity index (χ2n) is 6.11. The van der Waals surface area contributed by atoms with Gasteiger partial charge in [-0.2, -0.15) is 0 Å². The smallest absolute Gasteiger partial charge is 0.0921 e. The number of nitrogens with zero attached hydrogens (tertiary/aromatic N) is 1. The number of hydrogen-bond donors (Lipinski definition) is 2. The van der Waals surface area contributed by atoms with E-state index in [0.717, 1.165) is 17.8 Å². The van der Waals surface area contributed by atoms with Gasteiger partial charge in [-0.05, 0) is 50.6 Å². The van der Waals surface area contributed by atoms with Crippen LogP contribution in [0.1, 0.15) is 56.6 Å². The van der Waals surface area contributed by atoms with Crippen LogP contribution in [0.25, 0.3) is 0 Å². The first-order valence-electron chi connectivity index (χ1n) is 7.62. The van der Waals surface area contributed by atoms with E-state index in [1.54, 1.807) is 6.33 Å². The molecule has 0 radical (unpaired) electrons. The van der Waals surface area contributed by atoms with Crippen molar-refractivity contribution >= 4 is 24.8 Å². The highest BCUT2D eigenvalue weighted by Gasteiger charge is 2.38. The van der Waals surface area contributed by atoms with E-state index in [4.69, 9.17) is 0 Å². The van der Waals surface area contributed by atoms with Crippen molar-refractivity contribution in [3.8, 4) is 0 Å². The van der Waals surface area contributed by atoms with Crippen LogP contribution in [0.15, 0.2) is 12.5 Å². The van der Waals surface area contributed by atoms with Gasteiger partial charge in [0.2, 0.25) is 0 Å². The number of H-pyrrole nitrogens is 1. The Hall–Kier alpha value is -0.250. The molecule has 2 aliphatic carbocycles. The molecule has 0 saturated heterocycles. The third-order valence-corrected chi connectivity index (χ3v) is 4.69. The minimum absolute atomic E-state index is 0. The van der Waals surface area contributed by atoms with E-state index in [-0.39, 0.29) is 24.8 Å². The molecule has 20 heavy (non-hydrogen) atoms. The van der Waals surface area contributed by atoms with E-state index in [1.807, 2.05) is 6.20 Å². The summed E-state index contributed by atoms with van der Waals surface area (Å²) < 4.78 is 0. The Morgan fingerprint density at radius 3 is 2.70 bits per heavy atom. The van der Waals surface area contributed by atoms with Gasteiger partial charge in [-0.3, -0.25) is 0 Å². The first-order valence-corrected chi connectivity index (χ1v) is 7.62. The highest BCUT2D eigenvalue weighted by Crippen LogP contribution is 2.48. The second kappa shape index (κ2) is 8.91. The van der Waals surface area contributed by atoms with Crippen LogP contribution >= 0.6 is 24.8 Å². The molecule has 2 fully saturated rings. The monoisotopic (exact) mass is 319 g/mol. The summed E-state index contributed by atoms with van der Waals surface area (Å²) in [5.74, 6) is 2.62. The number of imidazole rings is 1. The zero-order chi connectivity index (χ0) is 12.2. The first kappa shape index (κ1) is 17.8. The molecule has 2 saturated carbocycles. The van der Waals surface area contributed by atoms with Gasteiger partial charge in [0.25, 0.3) is 0 Å². The zero-order valence-corrected chi connectivity index (χ0v) is 13.6. The van der Waals surface area contributed by atoms with Crippen molar-refractivity contribution in [2.75, 3.05) is 13.1 Å². The summed E-state index contributed by atoms with van der Waals surface area (Å²) in [5, 5.41) is 3.67. The van der Waals surface area contributed by atoms with Gasteiger partial charge in [0.15, 0.2) is 0 Å². The lowest BCUT2D eigenvalue weighted by Crippen LogP contribution is -2.25. The average molecular weight is 320 g/mol. The van der Waals surface area contributed by atoms with Crippen LogP contribution in [0.4, 0.5) is 0 Å². The molecule has 0 unspecified atom stereocenters. The van der Waals surface area contributed by atoms with E-state index in [0.29, 0.717) is 0 Å². The van der Waals surface area contributed by atoms with Gasteiger partial charge < -0.3 is 10.3 Å². The molecule has 1 heterocycles. The van der Waals surface area contributed by atoms with Crippen LogP contribution in [-0.4, -0.2) is 23.1 Å². The summed E-state index contributed by atoms with van der Waals surface area (Å²) >= 11 is 0. The lowest BCUT2D eigenvalue weighted by molar-refractivity contribution is 0.341. The summed E-state index contributed by atoms with van der Waals surface area (Å²) in [7, 11) is 0. The van der Waals surface area contributed by atoms with Gasteiger partial charge in [-0.25, -0.2) is 4.98 Å². The molecule has 0 spiro atoms. The predicted octanol–water partition coefficient (Wildman–Crippen LogP) is 3.92. The molecule has 0 bridgehead atoms. The van der Waals surface area contributed by atoms with Crippen LogP contribution < -0.4 is 5.32 Å². The Labute approximate surface area is 134 Å². The average Bonchev–Trinajstić information content (AvgIpc) is 2.98. The summed E-state index contributed by atoms with van der Waals surface area (Å²) in [6, 6.07) is 0. The molecule has 1 aromatic rings. The lowest BCUT2D eigenvalue weighted by Gasteiger charge is -2.21. The number of aromatic nitrogens is 2. The van der Waals surface area contributed by atoms with Gasteiger partial charge in [0.1, 0.15) is 0 Å². The van der Waals surface area contributed by atoms with Gasteiger partial charge in [-0.15, -0.1) is 24.8 Å². The molecule has 2 aliphatic rings. The quantitative estimate of drug-likeness (QED) is 0.780. The normalized spacial score (nSPS) is 25.6. The minimum atomic E-state index is 0. The maximum Gasteiger partial charge on any atom is 0.0921 e. The van der Waals surface area contributed by atoms with Crippen molar-refractivity contribution < 1.29 is 0 Å². The highest BCUT2D eigenvalue weighted by atomic mass is 35.5. The standard InChI is InChI=1S/C15H25N3.2ClH/c1-2-4-12(5-3-1)9-16-7-6-13-8-14(13)15-10-17-11-18-15;;/h10-14,16H,1-9H2,(H,17,18);2*1H/t13-,14+;;/m1../s1. The Morgan fingerprint density at radius 2 is 2.00 bits per heavy atom. The van der Waals surface area contributed by atoms with Crippen molar-refractivity contribution in [3.05, 3.63) is 18.2 Å². The molecule has 3 nitrogen and oxygen atoms in total. The van der Waals surface area contributed by atoms with Crippen LogP contribution in [0, 0.1) is 11.8 Å². The molecule has 0 amide bonds. The maximum atomic E-state index is 4.10. The van der Waals surface area contributed by atoms with Crippen molar-refractivity contribution in [3.63, 3.8) is 0 Å². The summed E-state index contributed by atoms with van der Waals surface area (Å²) in [6.45, 7) is 2.45. The van der Waals surface area contributed by atoms with Crippen LogP contribution in [0.3, 0.4) is 0 Å². The predicted molar refractivity (Wildman–Crippen MR) is 88.0 cm³/mol. The lowest BCUT2D eigenvalue weighted by atomic mass is 9.89. The molecular weight excluding hydrogens is 293 g/mol. The number of halogens is 2. The van der Waals surface area contributed by atoms with Crippen LogP contribution in [-0.2, 0) is 0 Å². The Bertz CT molecular complexity index is 350. The maximum absolute atomic E-state index is 4.10. The number of aromatic amines is 1. The van der Waals surface area contributed by atoms with Crippen LogP contribution in [0.5, 0.6) is 0 Å². The van der Waals surface area contributed by atoms with Gasteiger partial charge >= 0.3 is 0 Å². The van der Waals surface area contributed by atoms with Gasteiger partial charge in [-0.1, -0.05) is 19.3 Å². The molecule has 0 aromatic carbocycles. The molecule has 0 aliphatic heterocycles. The highest BCUT2D eigenvalue weighted by molar-refractivity contribution is 5.85. The van der Waals surface area contributed by atoms with Crippen LogP contribution in [0.2, 0.25) is 0 Å².